The fourth-order valence-electron chi connectivity index (χ4n) is 4.67. The SMILES string of the molecule is C[C@@H](NC(=O)CN1C(=O)C(C)(C)c2c(F)c(C3CC3)cc(F)c21)C1(CC(=O)O)CC1. The van der Waals surface area contributed by atoms with E-state index in [9.17, 15) is 18.8 Å². The van der Waals surface area contributed by atoms with Crippen LogP contribution in [0.2, 0.25) is 0 Å². The Hall–Kier alpha value is -2.51. The molecule has 0 unspecified atom stereocenters. The van der Waals surface area contributed by atoms with Crippen LogP contribution in [-0.4, -0.2) is 35.5 Å². The lowest BCUT2D eigenvalue weighted by atomic mass is 9.84. The number of nitrogens with one attached hydrogen (secondary N) is 1. The zero-order valence-electron chi connectivity index (χ0n) is 17.3. The summed E-state index contributed by atoms with van der Waals surface area (Å²) in [6, 6.07) is 0.755. The fourth-order valence-corrected chi connectivity index (χ4v) is 4.67. The molecule has 2 amide bonds. The second-order valence-electron chi connectivity index (χ2n) is 9.50. The number of carbonyl (C=O) groups is 3. The molecule has 1 heterocycles. The third-order valence-corrected chi connectivity index (χ3v) is 6.90. The number of benzene rings is 1. The van der Waals surface area contributed by atoms with Crippen molar-refractivity contribution in [3.05, 3.63) is 28.8 Å². The lowest BCUT2D eigenvalue weighted by molar-refractivity contribution is -0.139. The number of amides is 2. The van der Waals surface area contributed by atoms with Crippen LogP contribution >= 0.6 is 0 Å². The first-order valence-corrected chi connectivity index (χ1v) is 10.3. The van der Waals surface area contributed by atoms with Gasteiger partial charge in [-0.15, -0.1) is 0 Å². The Kier molecular flexibility index (Phi) is 4.67. The number of carbonyl (C=O) groups excluding carboxylic acids is 2. The molecule has 2 aliphatic carbocycles. The summed E-state index contributed by atoms with van der Waals surface area (Å²) in [4.78, 5) is 37.7. The first kappa shape index (κ1) is 20.8. The van der Waals surface area contributed by atoms with E-state index in [1.54, 1.807) is 20.8 Å². The van der Waals surface area contributed by atoms with E-state index in [1.807, 2.05) is 0 Å². The van der Waals surface area contributed by atoms with Gasteiger partial charge in [-0.3, -0.25) is 19.3 Å². The van der Waals surface area contributed by atoms with Crippen LogP contribution in [0.25, 0.3) is 0 Å². The molecule has 162 valence electrons. The highest BCUT2D eigenvalue weighted by atomic mass is 19.1. The van der Waals surface area contributed by atoms with E-state index >= 15 is 4.39 Å². The van der Waals surface area contributed by atoms with E-state index in [4.69, 9.17) is 5.11 Å². The molecule has 30 heavy (non-hydrogen) atoms. The number of fused-ring (bicyclic) bond motifs is 1. The van der Waals surface area contributed by atoms with Gasteiger partial charge in [-0.05, 0) is 64.0 Å². The molecule has 3 aliphatic rings. The van der Waals surface area contributed by atoms with Crippen molar-refractivity contribution >= 4 is 23.5 Å². The highest BCUT2D eigenvalue weighted by Gasteiger charge is 2.51. The van der Waals surface area contributed by atoms with Crippen LogP contribution in [0.15, 0.2) is 6.07 Å². The monoisotopic (exact) mass is 420 g/mol. The van der Waals surface area contributed by atoms with Crippen LogP contribution in [0.4, 0.5) is 14.5 Å². The summed E-state index contributed by atoms with van der Waals surface area (Å²) >= 11 is 0. The van der Waals surface area contributed by atoms with Gasteiger partial charge in [0.05, 0.1) is 17.5 Å². The average Bonchev–Trinajstić information content (AvgIpc) is 3.54. The Morgan fingerprint density at radius 3 is 2.47 bits per heavy atom. The minimum atomic E-state index is -1.28. The highest BCUT2D eigenvalue weighted by molar-refractivity contribution is 6.10. The molecule has 0 saturated heterocycles. The minimum absolute atomic E-state index is 0.0137. The molecule has 1 aromatic carbocycles. The number of carboxylic acids is 1. The topological polar surface area (TPSA) is 86.7 Å². The van der Waals surface area contributed by atoms with Gasteiger partial charge in [0.2, 0.25) is 11.8 Å². The molecule has 1 aromatic rings. The molecule has 0 radical (unpaired) electrons. The number of nitrogens with zero attached hydrogens (tertiary/aromatic N) is 1. The maximum atomic E-state index is 15.2. The predicted molar refractivity (Wildman–Crippen MR) is 105 cm³/mol. The number of rotatable bonds is 7. The van der Waals surface area contributed by atoms with E-state index in [-0.39, 0.29) is 23.6 Å². The summed E-state index contributed by atoms with van der Waals surface area (Å²) in [5.74, 6) is -3.25. The Morgan fingerprint density at radius 1 is 1.30 bits per heavy atom. The van der Waals surface area contributed by atoms with Gasteiger partial charge in [0.25, 0.3) is 0 Å². The normalized spacial score (nSPS) is 21.9. The van der Waals surface area contributed by atoms with Crippen molar-refractivity contribution in [2.75, 3.05) is 11.4 Å². The van der Waals surface area contributed by atoms with Crippen molar-refractivity contribution in [2.24, 2.45) is 5.41 Å². The maximum Gasteiger partial charge on any atom is 0.303 e. The quantitative estimate of drug-likeness (QED) is 0.709. The zero-order valence-corrected chi connectivity index (χ0v) is 17.3. The zero-order chi connectivity index (χ0) is 22.0. The number of anilines is 1. The number of aliphatic carboxylic acids is 1. The Morgan fingerprint density at radius 2 is 1.93 bits per heavy atom. The molecule has 0 aromatic heterocycles. The van der Waals surface area contributed by atoms with Gasteiger partial charge in [-0.25, -0.2) is 8.78 Å². The van der Waals surface area contributed by atoms with Gasteiger partial charge in [0.15, 0.2) is 0 Å². The molecule has 4 rings (SSSR count). The molecular weight excluding hydrogens is 394 g/mol. The van der Waals surface area contributed by atoms with Crippen molar-refractivity contribution < 1.29 is 28.3 Å². The van der Waals surface area contributed by atoms with Gasteiger partial charge in [0.1, 0.15) is 18.2 Å². The molecule has 0 spiro atoms. The van der Waals surface area contributed by atoms with Gasteiger partial charge in [-0.1, -0.05) is 0 Å². The summed E-state index contributed by atoms with van der Waals surface area (Å²) in [5, 5.41) is 11.8. The van der Waals surface area contributed by atoms with E-state index in [1.165, 1.54) is 0 Å². The second kappa shape index (κ2) is 6.75. The average molecular weight is 420 g/mol. The van der Waals surface area contributed by atoms with E-state index in [0.29, 0.717) is 18.4 Å². The number of hydrogen-bond donors (Lipinski definition) is 2. The van der Waals surface area contributed by atoms with Crippen LogP contribution in [0, 0.1) is 17.0 Å². The summed E-state index contributed by atoms with van der Waals surface area (Å²) < 4.78 is 30.2. The van der Waals surface area contributed by atoms with Crippen molar-refractivity contribution in [3.8, 4) is 0 Å². The third kappa shape index (κ3) is 3.26. The van der Waals surface area contributed by atoms with Crippen LogP contribution in [0.1, 0.15) is 69.9 Å². The maximum absolute atomic E-state index is 15.2. The van der Waals surface area contributed by atoms with E-state index in [2.05, 4.69) is 5.32 Å². The van der Waals surface area contributed by atoms with Crippen molar-refractivity contribution in [1.29, 1.82) is 0 Å². The smallest absolute Gasteiger partial charge is 0.303 e. The van der Waals surface area contributed by atoms with Crippen LogP contribution in [0.3, 0.4) is 0 Å². The molecule has 2 fully saturated rings. The lowest BCUT2D eigenvalue weighted by Gasteiger charge is -2.25. The molecule has 2 saturated carbocycles. The van der Waals surface area contributed by atoms with Gasteiger partial charge in [0, 0.05) is 17.0 Å². The van der Waals surface area contributed by atoms with Gasteiger partial charge < -0.3 is 10.4 Å². The summed E-state index contributed by atoms with van der Waals surface area (Å²) in [6.45, 7) is 4.38. The van der Waals surface area contributed by atoms with E-state index < -0.39 is 52.8 Å². The van der Waals surface area contributed by atoms with Crippen molar-refractivity contribution in [1.82, 2.24) is 5.32 Å². The van der Waals surface area contributed by atoms with Gasteiger partial charge in [-0.2, -0.15) is 0 Å². The van der Waals surface area contributed by atoms with Crippen LogP contribution in [0.5, 0.6) is 0 Å². The molecule has 1 aliphatic heterocycles. The van der Waals surface area contributed by atoms with Crippen molar-refractivity contribution in [3.63, 3.8) is 0 Å². The Balaban J connectivity index is 1.58. The summed E-state index contributed by atoms with van der Waals surface area (Å²) in [5.41, 5.74) is -1.61. The number of hydrogen-bond acceptors (Lipinski definition) is 3. The number of carboxylic acid groups (broad SMARTS) is 1. The predicted octanol–water partition coefficient (Wildman–Crippen LogP) is 3.23. The Labute approximate surface area is 173 Å². The molecule has 0 bridgehead atoms. The molecule has 6 nitrogen and oxygen atoms in total. The standard InChI is InChI=1S/C22H26F2N2O4/c1-11(22(6-7-22)9-16(28)29)25-15(27)10-26-19-14(23)8-13(12-4-5-12)18(24)17(19)21(2,3)20(26)30/h8,11-12H,4-7,9-10H2,1-3H3,(H,25,27)(H,28,29)/t11-/m1/s1. The Bertz CT molecular complexity index is 951. The largest absolute Gasteiger partial charge is 0.481 e. The first-order valence-electron chi connectivity index (χ1n) is 10.3. The van der Waals surface area contributed by atoms with Crippen LogP contribution < -0.4 is 10.2 Å². The summed E-state index contributed by atoms with van der Waals surface area (Å²) in [7, 11) is 0. The molecule has 8 heteroatoms. The van der Waals surface area contributed by atoms with E-state index in [0.717, 1.165) is 23.8 Å². The van der Waals surface area contributed by atoms with Crippen molar-refractivity contribution in [2.45, 2.75) is 70.3 Å². The second-order valence-corrected chi connectivity index (χ2v) is 9.50. The minimum Gasteiger partial charge on any atom is -0.481 e. The molecule has 2 N–H and O–H groups in total. The third-order valence-electron chi connectivity index (χ3n) is 6.90. The van der Waals surface area contributed by atoms with Gasteiger partial charge >= 0.3 is 5.97 Å². The first-order chi connectivity index (χ1) is 14.0. The number of halogens is 2. The molecule has 1 atom stereocenters. The highest BCUT2D eigenvalue weighted by Crippen LogP contribution is 2.52. The fraction of sp³-hybridized carbons (Fsp3) is 0.591. The summed E-state index contributed by atoms with van der Waals surface area (Å²) in [6.07, 6.45) is 2.94. The molecular formula is C22H26F2N2O4. The lowest BCUT2D eigenvalue weighted by Crippen LogP contribution is -2.47. The van der Waals surface area contributed by atoms with Crippen LogP contribution in [-0.2, 0) is 19.8 Å².